The van der Waals surface area contributed by atoms with Crippen molar-refractivity contribution in [3.63, 3.8) is 0 Å². The van der Waals surface area contributed by atoms with Gasteiger partial charge < -0.3 is 10.6 Å². The van der Waals surface area contributed by atoms with Crippen LogP contribution < -0.4 is 10.6 Å². The van der Waals surface area contributed by atoms with Gasteiger partial charge in [-0.3, -0.25) is 9.48 Å². The summed E-state index contributed by atoms with van der Waals surface area (Å²) >= 11 is 0. The van der Waals surface area contributed by atoms with Gasteiger partial charge in [0.25, 0.3) is 0 Å². The molecule has 0 saturated carbocycles. The summed E-state index contributed by atoms with van der Waals surface area (Å²) in [5, 5.41) is 19.3. The lowest BCUT2D eigenvalue weighted by atomic mass is 9.98. The van der Waals surface area contributed by atoms with Crippen LogP contribution in [0.4, 0.5) is 10.2 Å². The van der Waals surface area contributed by atoms with Crippen LogP contribution in [-0.2, 0) is 11.8 Å². The fourth-order valence-electron chi connectivity index (χ4n) is 3.76. The molecule has 0 spiro atoms. The van der Waals surface area contributed by atoms with Crippen molar-refractivity contribution in [3.8, 4) is 17.2 Å². The normalized spacial score (nSPS) is 12.5. The third-order valence-corrected chi connectivity index (χ3v) is 5.76. The highest BCUT2D eigenvalue weighted by molar-refractivity contribution is 5.95. The number of nitrogens with zero attached hydrogens (tertiary/aromatic N) is 4. The number of amides is 1. The van der Waals surface area contributed by atoms with Crippen molar-refractivity contribution in [3.05, 3.63) is 102 Å². The second-order valence-corrected chi connectivity index (χ2v) is 8.33. The van der Waals surface area contributed by atoms with E-state index in [2.05, 4.69) is 20.7 Å². The maximum absolute atomic E-state index is 14.1. The summed E-state index contributed by atoms with van der Waals surface area (Å²) in [5.41, 5.74) is 3.40. The predicted octanol–water partition coefficient (Wildman–Crippen LogP) is 4.57. The first kappa shape index (κ1) is 23.8. The summed E-state index contributed by atoms with van der Waals surface area (Å²) < 4.78 is 15.8. The first-order chi connectivity index (χ1) is 16.9. The molecule has 0 unspecified atom stereocenters. The van der Waals surface area contributed by atoms with E-state index in [9.17, 15) is 9.18 Å². The molecule has 2 atom stereocenters. The number of halogens is 1. The molecule has 35 heavy (non-hydrogen) atoms. The van der Waals surface area contributed by atoms with E-state index < -0.39 is 11.9 Å². The Morgan fingerprint density at radius 3 is 2.51 bits per heavy atom. The smallest absolute Gasteiger partial charge is 0.247 e. The van der Waals surface area contributed by atoms with Crippen LogP contribution in [0.15, 0.2) is 79.3 Å². The zero-order chi connectivity index (χ0) is 24.8. The number of nitrogens with one attached hydrogen (secondary N) is 2. The Bertz CT molecular complexity index is 1340. The fourth-order valence-corrected chi connectivity index (χ4v) is 3.76. The topological polar surface area (TPSA) is 95.6 Å². The van der Waals surface area contributed by atoms with E-state index in [0.29, 0.717) is 12.4 Å². The van der Waals surface area contributed by atoms with Gasteiger partial charge in [-0.25, -0.2) is 9.37 Å². The Morgan fingerprint density at radius 2 is 1.89 bits per heavy atom. The van der Waals surface area contributed by atoms with Crippen LogP contribution in [0.2, 0.25) is 0 Å². The molecule has 4 aromatic rings. The number of carbonyl (C=O) groups is 1. The minimum absolute atomic E-state index is 0.0116. The summed E-state index contributed by atoms with van der Waals surface area (Å²) in [6.45, 7) is 2.36. The number of pyridine rings is 1. The van der Waals surface area contributed by atoms with Gasteiger partial charge in [-0.15, -0.1) is 0 Å². The van der Waals surface area contributed by atoms with Crippen molar-refractivity contribution in [2.24, 2.45) is 7.05 Å². The van der Waals surface area contributed by atoms with Gasteiger partial charge in [-0.2, -0.15) is 10.4 Å². The standard InChI is InChI=1S/C27H25FN6O/c1-18(20-8-9-21(13-29)24(28)12-20)14-31-26(19-6-4-3-5-7-19)27(35)33-25-11-10-22(15-30-25)23-16-32-34(2)17-23/h3-12,15-18,26,31H,14H2,1-2H3,(H,30,33,35)/t18-,26-/m1/s1. The quantitative estimate of drug-likeness (QED) is 0.395. The van der Waals surface area contributed by atoms with E-state index in [1.54, 1.807) is 29.2 Å². The summed E-state index contributed by atoms with van der Waals surface area (Å²) in [7, 11) is 1.85. The second-order valence-electron chi connectivity index (χ2n) is 8.33. The molecule has 0 radical (unpaired) electrons. The highest BCUT2D eigenvalue weighted by Gasteiger charge is 2.22. The molecule has 0 saturated heterocycles. The number of hydrogen-bond acceptors (Lipinski definition) is 5. The zero-order valence-electron chi connectivity index (χ0n) is 19.4. The number of rotatable bonds is 8. The molecule has 0 aliphatic heterocycles. The Kier molecular flexibility index (Phi) is 7.29. The maximum atomic E-state index is 14.1. The average Bonchev–Trinajstić information content (AvgIpc) is 3.31. The molecule has 0 aliphatic rings. The van der Waals surface area contributed by atoms with Gasteiger partial charge in [0.2, 0.25) is 5.91 Å². The number of anilines is 1. The van der Waals surface area contributed by atoms with E-state index in [4.69, 9.17) is 5.26 Å². The highest BCUT2D eigenvalue weighted by atomic mass is 19.1. The predicted molar refractivity (Wildman–Crippen MR) is 132 cm³/mol. The van der Waals surface area contributed by atoms with Crippen molar-refractivity contribution >= 4 is 11.7 Å². The number of hydrogen-bond donors (Lipinski definition) is 2. The molecule has 2 N–H and O–H groups in total. The molecule has 2 heterocycles. The lowest BCUT2D eigenvalue weighted by molar-refractivity contribution is -0.118. The van der Waals surface area contributed by atoms with E-state index in [1.807, 2.05) is 62.6 Å². The first-order valence-electron chi connectivity index (χ1n) is 11.2. The van der Waals surface area contributed by atoms with Gasteiger partial charge in [0.1, 0.15) is 23.7 Å². The summed E-state index contributed by atoms with van der Waals surface area (Å²) in [4.78, 5) is 17.6. The molecule has 0 fully saturated rings. The molecular weight excluding hydrogens is 443 g/mol. The fraction of sp³-hybridized carbons (Fsp3) is 0.185. The maximum Gasteiger partial charge on any atom is 0.247 e. The molecule has 1 amide bonds. The molecule has 0 aliphatic carbocycles. The van der Waals surface area contributed by atoms with Gasteiger partial charge >= 0.3 is 0 Å². The monoisotopic (exact) mass is 468 g/mol. The van der Waals surface area contributed by atoms with Crippen molar-refractivity contribution in [1.29, 1.82) is 5.26 Å². The SMILES string of the molecule is C[C@H](CN[C@@H](C(=O)Nc1ccc(-c2cnn(C)c2)cn1)c1ccccc1)c1ccc(C#N)c(F)c1. The number of benzene rings is 2. The van der Waals surface area contributed by atoms with Crippen LogP contribution in [0, 0.1) is 17.1 Å². The molecule has 2 aromatic carbocycles. The Balaban J connectivity index is 1.47. The molecule has 8 heteroatoms. The summed E-state index contributed by atoms with van der Waals surface area (Å²) in [6.07, 6.45) is 5.34. The van der Waals surface area contributed by atoms with Gasteiger partial charge in [0, 0.05) is 37.1 Å². The highest BCUT2D eigenvalue weighted by Crippen LogP contribution is 2.22. The van der Waals surface area contributed by atoms with Crippen LogP contribution in [0.3, 0.4) is 0 Å². The Hall–Kier alpha value is -4.35. The summed E-state index contributed by atoms with van der Waals surface area (Å²) in [5.74, 6) is -0.452. The lowest BCUT2D eigenvalue weighted by Crippen LogP contribution is -2.35. The molecule has 2 aromatic heterocycles. The van der Waals surface area contributed by atoms with Crippen molar-refractivity contribution in [2.75, 3.05) is 11.9 Å². The van der Waals surface area contributed by atoms with Crippen molar-refractivity contribution < 1.29 is 9.18 Å². The van der Waals surface area contributed by atoms with E-state index in [1.165, 1.54) is 12.1 Å². The number of carbonyl (C=O) groups excluding carboxylic acids is 1. The second kappa shape index (κ2) is 10.7. The van der Waals surface area contributed by atoms with Crippen LogP contribution in [0.25, 0.3) is 11.1 Å². The first-order valence-corrected chi connectivity index (χ1v) is 11.2. The molecule has 0 bridgehead atoms. The van der Waals surface area contributed by atoms with E-state index in [-0.39, 0.29) is 17.4 Å². The van der Waals surface area contributed by atoms with Gasteiger partial charge in [0.05, 0.1) is 11.8 Å². The molecule has 4 rings (SSSR count). The van der Waals surface area contributed by atoms with Crippen LogP contribution in [-0.4, -0.2) is 27.2 Å². The molecule has 176 valence electrons. The van der Waals surface area contributed by atoms with Crippen LogP contribution in [0.1, 0.15) is 35.6 Å². The number of nitriles is 1. The van der Waals surface area contributed by atoms with Gasteiger partial charge in [-0.1, -0.05) is 43.3 Å². The lowest BCUT2D eigenvalue weighted by Gasteiger charge is -2.21. The Morgan fingerprint density at radius 1 is 1.09 bits per heavy atom. The van der Waals surface area contributed by atoms with Crippen LogP contribution in [0.5, 0.6) is 0 Å². The third kappa shape index (κ3) is 5.78. The summed E-state index contributed by atoms with van der Waals surface area (Å²) in [6, 6.07) is 18.8. The van der Waals surface area contributed by atoms with E-state index in [0.717, 1.165) is 22.3 Å². The Labute approximate surface area is 203 Å². The third-order valence-electron chi connectivity index (χ3n) is 5.76. The van der Waals surface area contributed by atoms with Gasteiger partial charge in [-0.05, 0) is 41.3 Å². The minimum atomic E-state index is -0.637. The van der Waals surface area contributed by atoms with Crippen molar-refractivity contribution in [2.45, 2.75) is 18.9 Å². The van der Waals surface area contributed by atoms with Crippen molar-refractivity contribution in [1.82, 2.24) is 20.1 Å². The molecule has 7 nitrogen and oxygen atoms in total. The number of aromatic nitrogens is 3. The van der Waals surface area contributed by atoms with Gasteiger partial charge in [0.15, 0.2) is 0 Å². The zero-order valence-corrected chi connectivity index (χ0v) is 19.4. The minimum Gasteiger partial charge on any atom is -0.309 e. The largest absolute Gasteiger partial charge is 0.309 e. The average molecular weight is 469 g/mol. The van der Waals surface area contributed by atoms with Crippen LogP contribution >= 0.6 is 0 Å². The number of aryl methyl sites for hydroxylation is 1. The molecular formula is C27H25FN6O. The van der Waals surface area contributed by atoms with E-state index >= 15 is 0 Å².